The average molecular weight is 355 g/mol. The molecular formula is C16H17N7OS. The van der Waals surface area contributed by atoms with Crippen molar-refractivity contribution in [3.63, 3.8) is 0 Å². The SMILES string of the molecule is Cc1cc(C)n(-c2nnc(C)n2NC(=S)NC(=O)c2ccccc2)n1. The molecule has 0 spiro atoms. The van der Waals surface area contributed by atoms with E-state index in [1.807, 2.05) is 26.0 Å². The molecule has 2 heterocycles. The molecule has 0 aliphatic carbocycles. The summed E-state index contributed by atoms with van der Waals surface area (Å²) < 4.78 is 3.23. The molecule has 0 saturated heterocycles. The molecule has 3 rings (SSSR count). The van der Waals surface area contributed by atoms with E-state index in [1.165, 1.54) is 0 Å². The van der Waals surface area contributed by atoms with E-state index in [2.05, 4.69) is 26.0 Å². The number of aromatic nitrogens is 5. The van der Waals surface area contributed by atoms with E-state index < -0.39 is 0 Å². The number of carbonyl (C=O) groups is 1. The van der Waals surface area contributed by atoms with Crippen molar-refractivity contribution in [3.05, 3.63) is 59.2 Å². The Morgan fingerprint density at radius 2 is 1.84 bits per heavy atom. The van der Waals surface area contributed by atoms with E-state index in [9.17, 15) is 4.79 Å². The number of nitrogens with zero attached hydrogens (tertiary/aromatic N) is 5. The van der Waals surface area contributed by atoms with Crippen molar-refractivity contribution in [2.45, 2.75) is 20.8 Å². The third kappa shape index (κ3) is 3.56. The molecule has 128 valence electrons. The zero-order valence-electron chi connectivity index (χ0n) is 14.0. The van der Waals surface area contributed by atoms with Gasteiger partial charge in [0.1, 0.15) is 0 Å². The minimum Gasteiger partial charge on any atom is -0.298 e. The Kier molecular flexibility index (Phi) is 4.57. The number of carbonyl (C=O) groups excluding carboxylic acids is 1. The van der Waals surface area contributed by atoms with Crippen molar-refractivity contribution < 1.29 is 4.79 Å². The van der Waals surface area contributed by atoms with Gasteiger partial charge >= 0.3 is 0 Å². The number of amides is 1. The third-order valence-corrected chi connectivity index (χ3v) is 3.68. The maximum Gasteiger partial charge on any atom is 0.271 e. The first-order valence-electron chi connectivity index (χ1n) is 7.59. The Bertz CT molecular complexity index is 929. The van der Waals surface area contributed by atoms with Gasteiger partial charge in [-0.05, 0) is 51.2 Å². The number of rotatable bonds is 3. The van der Waals surface area contributed by atoms with Gasteiger partial charge in [-0.15, -0.1) is 10.2 Å². The standard InChI is InChI=1S/C16H17N7OS/c1-10-9-11(2)22(20-10)16-19-18-12(3)23(16)21-15(25)17-14(24)13-7-5-4-6-8-13/h4-9H,1-3H3,(H2,17,21,24,25). The van der Waals surface area contributed by atoms with E-state index in [4.69, 9.17) is 12.2 Å². The van der Waals surface area contributed by atoms with E-state index in [0.29, 0.717) is 17.3 Å². The van der Waals surface area contributed by atoms with E-state index in [0.717, 1.165) is 11.4 Å². The summed E-state index contributed by atoms with van der Waals surface area (Å²) in [6.07, 6.45) is 0. The predicted octanol–water partition coefficient (Wildman–Crippen LogP) is 1.65. The van der Waals surface area contributed by atoms with Crippen molar-refractivity contribution in [2.24, 2.45) is 0 Å². The first-order chi connectivity index (χ1) is 12.0. The highest BCUT2D eigenvalue weighted by atomic mass is 32.1. The lowest BCUT2D eigenvalue weighted by molar-refractivity contribution is 0.0977. The molecule has 25 heavy (non-hydrogen) atoms. The number of hydrogen-bond donors (Lipinski definition) is 2. The number of aryl methyl sites for hydroxylation is 3. The van der Waals surface area contributed by atoms with E-state index >= 15 is 0 Å². The van der Waals surface area contributed by atoms with Gasteiger partial charge in [0.05, 0.1) is 5.69 Å². The highest BCUT2D eigenvalue weighted by molar-refractivity contribution is 7.80. The third-order valence-electron chi connectivity index (χ3n) is 3.48. The lowest BCUT2D eigenvalue weighted by atomic mass is 10.2. The summed E-state index contributed by atoms with van der Waals surface area (Å²) in [6.45, 7) is 5.59. The first-order valence-corrected chi connectivity index (χ1v) is 7.99. The van der Waals surface area contributed by atoms with Crippen molar-refractivity contribution in [3.8, 4) is 5.95 Å². The molecule has 0 saturated carbocycles. The predicted molar refractivity (Wildman–Crippen MR) is 97.2 cm³/mol. The maximum atomic E-state index is 12.2. The van der Waals surface area contributed by atoms with Crippen LogP contribution in [0.25, 0.3) is 5.95 Å². The van der Waals surface area contributed by atoms with E-state index in [1.54, 1.807) is 40.5 Å². The molecule has 3 aromatic rings. The molecule has 2 N–H and O–H groups in total. The van der Waals surface area contributed by atoms with Crippen LogP contribution < -0.4 is 10.7 Å². The summed E-state index contributed by atoms with van der Waals surface area (Å²) in [6, 6.07) is 10.8. The topological polar surface area (TPSA) is 89.7 Å². The summed E-state index contributed by atoms with van der Waals surface area (Å²) in [4.78, 5) is 12.2. The Labute approximate surface area is 149 Å². The fraction of sp³-hybridized carbons (Fsp3) is 0.188. The highest BCUT2D eigenvalue weighted by Crippen LogP contribution is 2.10. The number of thiocarbonyl (C=S) groups is 1. The minimum absolute atomic E-state index is 0.138. The fourth-order valence-electron chi connectivity index (χ4n) is 2.34. The van der Waals surface area contributed by atoms with E-state index in [-0.39, 0.29) is 11.0 Å². The van der Waals surface area contributed by atoms with Crippen LogP contribution in [0.2, 0.25) is 0 Å². The normalized spacial score (nSPS) is 10.5. The van der Waals surface area contributed by atoms with Gasteiger partial charge in [-0.3, -0.25) is 15.5 Å². The zero-order chi connectivity index (χ0) is 18.0. The van der Waals surface area contributed by atoms with Crippen LogP contribution in [-0.2, 0) is 0 Å². The van der Waals surface area contributed by atoms with Gasteiger partial charge in [-0.25, -0.2) is 9.36 Å². The van der Waals surface area contributed by atoms with Crippen molar-refractivity contribution >= 4 is 23.2 Å². The van der Waals surface area contributed by atoms with Crippen LogP contribution in [0.15, 0.2) is 36.4 Å². The summed E-state index contributed by atoms with van der Waals surface area (Å²) >= 11 is 5.24. The number of nitrogens with one attached hydrogen (secondary N) is 2. The lowest BCUT2D eigenvalue weighted by Crippen LogP contribution is -2.39. The van der Waals surface area contributed by atoms with Crippen molar-refractivity contribution in [2.75, 3.05) is 5.43 Å². The van der Waals surface area contributed by atoms with Crippen molar-refractivity contribution in [1.29, 1.82) is 0 Å². The molecule has 0 atom stereocenters. The Morgan fingerprint density at radius 3 is 2.48 bits per heavy atom. The van der Waals surface area contributed by atoms with Crippen LogP contribution in [0, 0.1) is 20.8 Å². The maximum absolute atomic E-state index is 12.2. The van der Waals surface area contributed by atoms with Crippen LogP contribution in [-0.4, -0.2) is 35.7 Å². The second-order valence-corrected chi connectivity index (χ2v) is 5.89. The van der Waals surface area contributed by atoms with Crippen LogP contribution in [0.1, 0.15) is 27.6 Å². The summed E-state index contributed by atoms with van der Waals surface area (Å²) in [5.41, 5.74) is 5.22. The molecule has 0 aliphatic rings. The second-order valence-electron chi connectivity index (χ2n) is 5.48. The van der Waals surface area contributed by atoms with Crippen LogP contribution in [0.3, 0.4) is 0 Å². The fourth-order valence-corrected chi connectivity index (χ4v) is 2.53. The molecule has 0 aliphatic heterocycles. The summed E-state index contributed by atoms with van der Waals surface area (Å²) in [7, 11) is 0. The molecule has 0 unspecified atom stereocenters. The molecular weight excluding hydrogens is 338 g/mol. The molecule has 1 amide bonds. The average Bonchev–Trinajstić information content (AvgIpc) is 3.10. The molecule has 2 aromatic heterocycles. The van der Waals surface area contributed by atoms with Gasteiger partial charge in [-0.1, -0.05) is 18.2 Å². The first kappa shape index (κ1) is 16.8. The Morgan fingerprint density at radius 1 is 1.12 bits per heavy atom. The van der Waals surface area contributed by atoms with Gasteiger partial charge in [-0.2, -0.15) is 5.10 Å². The zero-order valence-corrected chi connectivity index (χ0v) is 14.8. The lowest BCUT2D eigenvalue weighted by Gasteiger charge is -2.13. The number of hydrogen-bond acceptors (Lipinski definition) is 5. The van der Waals surface area contributed by atoms with Gasteiger partial charge in [0.2, 0.25) is 0 Å². The minimum atomic E-state index is -0.295. The molecule has 9 heteroatoms. The highest BCUT2D eigenvalue weighted by Gasteiger charge is 2.16. The molecule has 8 nitrogen and oxygen atoms in total. The van der Waals surface area contributed by atoms with Gasteiger partial charge in [0.25, 0.3) is 11.9 Å². The quantitative estimate of drug-likeness (QED) is 0.695. The molecule has 0 bridgehead atoms. The van der Waals surface area contributed by atoms with Crippen molar-refractivity contribution in [1.82, 2.24) is 30.0 Å². The second kappa shape index (κ2) is 6.81. The van der Waals surface area contributed by atoms with Crippen LogP contribution in [0.4, 0.5) is 0 Å². The van der Waals surface area contributed by atoms with Gasteiger partial charge in [0, 0.05) is 11.3 Å². The monoisotopic (exact) mass is 355 g/mol. The smallest absolute Gasteiger partial charge is 0.271 e. The Hall–Kier alpha value is -3.07. The number of benzene rings is 1. The summed E-state index contributed by atoms with van der Waals surface area (Å²) in [5, 5.41) is 15.3. The van der Waals surface area contributed by atoms with Gasteiger partial charge < -0.3 is 0 Å². The van der Waals surface area contributed by atoms with Gasteiger partial charge in [0.15, 0.2) is 10.9 Å². The molecule has 1 aromatic carbocycles. The Balaban J connectivity index is 1.79. The largest absolute Gasteiger partial charge is 0.298 e. The molecule has 0 fully saturated rings. The van der Waals surface area contributed by atoms with Crippen LogP contribution >= 0.6 is 12.2 Å². The molecule has 0 radical (unpaired) electrons. The van der Waals surface area contributed by atoms with Crippen LogP contribution in [0.5, 0.6) is 0 Å². The summed E-state index contributed by atoms with van der Waals surface area (Å²) in [5.74, 6) is 0.745.